The van der Waals surface area contributed by atoms with Crippen molar-refractivity contribution in [2.24, 2.45) is 0 Å². The summed E-state index contributed by atoms with van der Waals surface area (Å²) in [6.45, 7) is 22.9. The molecule has 15 rings (SSSR count). The van der Waals surface area contributed by atoms with Gasteiger partial charge in [-0.3, -0.25) is 0 Å². The monoisotopic (exact) mass is 1560 g/mol. The minimum atomic E-state index is -1.53. The van der Waals surface area contributed by atoms with E-state index in [9.17, 15) is 0 Å². The summed E-state index contributed by atoms with van der Waals surface area (Å²) in [7, 11) is -3.06. The van der Waals surface area contributed by atoms with Crippen molar-refractivity contribution in [1.82, 2.24) is 0 Å². The molecule has 446 valence electrons. The zero-order valence-corrected chi connectivity index (χ0v) is 57.0. The van der Waals surface area contributed by atoms with Gasteiger partial charge in [-0.15, -0.1) is 122 Å². The van der Waals surface area contributed by atoms with Gasteiger partial charge in [0.1, 0.15) is 0 Å². The number of benzene rings is 11. The van der Waals surface area contributed by atoms with Crippen molar-refractivity contribution in [3.8, 4) is 23.0 Å². The van der Waals surface area contributed by atoms with E-state index in [0.29, 0.717) is 23.0 Å². The first-order chi connectivity index (χ1) is 42.8. The van der Waals surface area contributed by atoms with Crippen LogP contribution in [-0.4, -0.2) is 16.1 Å². The number of nitrogens with zero attached hydrogens (tertiary/aromatic N) is 8. The molecular weight excluding hydrogens is 1500 g/mol. The molecule has 0 radical (unpaired) electrons. The second kappa shape index (κ2) is 24.6. The second-order valence-electron chi connectivity index (χ2n) is 24.3. The zero-order chi connectivity index (χ0) is 59.7. The van der Waals surface area contributed by atoms with Crippen LogP contribution in [-0.2, 0) is 42.1 Å². The molecule has 10 nitrogen and oxygen atoms in total. The molecule has 0 saturated heterocycles. The second-order valence-corrected chi connectivity index (χ2v) is 34.5. The zero-order valence-electron chi connectivity index (χ0n) is 50.4. The molecule has 0 fully saturated rings. The standard InChI is InChI=1S/C76H62N8O2Si2.2Pt/c1-87(2,3)67-31-19-25-61(49-67)83-53-81(73-37-11-13-39-75(73)83)59-23-17-29-65(47-59)85-63-27-15-21-57(45-63)79-51-77(69-33-7-9-35-71(69)79)55-41-43-56(44-42-55)78-52-80(72-36-10-8-34-70(72)78)58-22-16-28-64(46-58)86-66-30-18-24-60(48-66)82-54-84(76-40-14-12-38-74(76)82)62-26-20-32-68(50-62)88(4,5)6;;/h7-44,49-54H,1-6H3;;/q-8;2*+4. The van der Waals surface area contributed by atoms with Gasteiger partial charge >= 0.3 is 42.1 Å². The van der Waals surface area contributed by atoms with E-state index in [4.69, 9.17) is 9.47 Å². The van der Waals surface area contributed by atoms with Crippen LogP contribution in [0.5, 0.6) is 23.0 Å². The Bertz CT molecular complexity index is 4160. The summed E-state index contributed by atoms with van der Waals surface area (Å²) in [5.41, 5.74) is 16.3. The Balaban J connectivity index is 0.00000372. The van der Waals surface area contributed by atoms with Gasteiger partial charge in [0.2, 0.25) is 0 Å². The number of ether oxygens (including phenoxy) is 2. The summed E-state index contributed by atoms with van der Waals surface area (Å²) >= 11 is 0. The van der Waals surface area contributed by atoms with Crippen LogP contribution >= 0.6 is 0 Å². The van der Waals surface area contributed by atoms with Crippen molar-refractivity contribution in [1.29, 1.82) is 0 Å². The Morgan fingerprint density at radius 2 is 0.489 bits per heavy atom. The van der Waals surface area contributed by atoms with E-state index in [1.54, 1.807) is 0 Å². The van der Waals surface area contributed by atoms with E-state index in [0.717, 1.165) is 91.0 Å². The number of hydrogen-bond donors (Lipinski definition) is 0. The van der Waals surface area contributed by atoms with Crippen molar-refractivity contribution in [3.05, 3.63) is 294 Å². The van der Waals surface area contributed by atoms with Crippen molar-refractivity contribution in [3.63, 3.8) is 0 Å². The average molecular weight is 1570 g/mol. The Morgan fingerprint density at radius 3 is 0.744 bits per heavy atom. The summed E-state index contributed by atoms with van der Waals surface area (Å²) in [5.74, 6) is 2.36. The van der Waals surface area contributed by atoms with Gasteiger partial charge in [-0.05, 0) is 97.1 Å². The predicted octanol–water partition coefficient (Wildman–Crippen LogP) is 19.2. The summed E-state index contributed by atoms with van der Waals surface area (Å²) in [5, 5.41) is 2.84. The van der Waals surface area contributed by atoms with Crippen LogP contribution < -0.4 is 59.0 Å². The first kappa shape index (κ1) is 60.2. The van der Waals surface area contributed by atoms with Crippen LogP contribution in [0.15, 0.2) is 243 Å². The van der Waals surface area contributed by atoms with Crippen LogP contribution in [0.25, 0.3) is 0 Å². The third kappa shape index (κ3) is 11.5. The minimum absolute atomic E-state index is 0. The number of anilines is 16. The maximum atomic E-state index is 6.60. The minimum Gasteiger partial charge on any atom is -0.509 e. The molecule has 0 saturated carbocycles. The summed E-state index contributed by atoms with van der Waals surface area (Å²) in [6.07, 6.45) is 0. The van der Waals surface area contributed by atoms with Crippen molar-refractivity contribution in [2.45, 2.75) is 39.3 Å². The molecule has 0 atom stereocenters. The first-order valence-corrected chi connectivity index (χ1v) is 36.7. The number of fused-ring (bicyclic) bond motifs is 4. The molecule has 11 aromatic carbocycles. The molecule has 0 amide bonds. The summed E-state index contributed by atoms with van der Waals surface area (Å²) in [6, 6.07) is 98.9. The van der Waals surface area contributed by atoms with Gasteiger partial charge in [0.15, 0.2) is 0 Å². The third-order valence-electron chi connectivity index (χ3n) is 16.4. The first-order valence-electron chi connectivity index (χ1n) is 29.7. The largest absolute Gasteiger partial charge is 4.00 e. The predicted molar refractivity (Wildman–Crippen MR) is 367 cm³/mol. The van der Waals surface area contributed by atoms with E-state index < -0.39 is 16.1 Å². The molecule has 0 bridgehead atoms. The quantitative estimate of drug-likeness (QED) is 0.0777. The fourth-order valence-electron chi connectivity index (χ4n) is 11.8. The summed E-state index contributed by atoms with van der Waals surface area (Å²) in [4.78, 5) is 17.7. The number of para-hydroxylation sites is 8. The van der Waals surface area contributed by atoms with Crippen molar-refractivity contribution >= 4 is 118 Å². The fraction of sp³-hybridized carbons (Fsp3) is 0.0789. The van der Waals surface area contributed by atoms with Crippen molar-refractivity contribution in [2.75, 3.05) is 39.2 Å². The van der Waals surface area contributed by atoms with Crippen LogP contribution in [0.1, 0.15) is 0 Å². The van der Waals surface area contributed by atoms with E-state index >= 15 is 0 Å². The van der Waals surface area contributed by atoms with E-state index in [2.05, 4.69) is 324 Å². The van der Waals surface area contributed by atoms with Crippen LogP contribution in [0.3, 0.4) is 0 Å². The van der Waals surface area contributed by atoms with Gasteiger partial charge in [-0.2, -0.15) is 24.3 Å². The molecule has 0 spiro atoms. The SMILES string of the molecule is C[Si](C)(C)c1cccc(N2[CH-]N(c3[c-]c(Oc4[c-]c(N5[CH-]N(c6ccc(N7[CH-]N(c8[c-]c(Oc9[c-]c(N%10[CH-]N(c%11cccc([Si](C)(C)C)c%11)c%11ccccc%11%10)ccc9)ccc8)c8ccccc87)cc6)c6ccccc65)ccc4)ccc3)c3ccccc32)c1.[Pt+4].[Pt+4]. The van der Waals surface area contributed by atoms with Gasteiger partial charge in [0.25, 0.3) is 0 Å². The molecule has 0 aromatic heterocycles. The molecule has 4 aliphatic rings. The van der Waals surface area contributed by atoms with Crippen molar-refractivity contribution < 1.29 is 51.6 Å². The molecule has 14 heteroatoms. The molecule has 11 aromatic rings. The van der Waals surface area contributed by atoms with E-state index in [1.807, 2.05) is 48.5 Å². The smallest absolute Gasteiger partial charge is 0.509 e. The molecule has 4 aliphatic heterocycles. The van der Waals surface area contributed by atoms with Crippen LogP contribution in [0.2, 0.25) is 39.3 Å². The van der Waals surface area contributed by atoms with E-state index in [1.165, 1.54) is 10.4 Å². The normalized spacial score (nSPS) is 14.0. The van der Waals surface area contributed by atoms with Gasteiger partial charge < -0.3 is 48.7 Å². The average Bonchev–Trinajstić information content (AvgIpc) is 1.68. The van der Waals surface area contributed by atoms with Gasteiger partial charge in [-0.1, -0.05) is 122 Å². The van der Waals surface area contributed by atoms with Gasteiger partial charge in [0, 0.05) is 91.2 Å². The molecule has 0 unspecified atom stereocenters. The Morgan fingerprint density at radius 1 is 0.256 bits per heavy atom. The molecular formula is C76H62N8O2Pt2Si2. The molecule has 90 heavy (non-hydrogen) atoms. The number of hydrogen-bond acceptors (Lipinski definition) is 10. The Hall–Kier alpha value is -8.77. The molecule has 0 aliphatic carbocycles. The maximum absolute atomic E-state index is 6.60. The Kier molecular flexibility index (Phi) is 16.4. The Labute approximate surface area is 559 Å². The van der Waals surface area contributed by atoms with Gasteiger partial charge in [0.05, 0.1) is 16.1 Å². The summed E-state index contributed by atoms with van der Waals surface area (Å²) < 4.78 is 13.2. The van der Waals surface area contributed by atoms with Crippen LogP contribution in [0, 0.1) is 50.9 Å². The topological polar surface area (TPSA) is 44.4 Å². The van der Waals surface area contributed by atoms with E-state index in [-0.39, 0.29) is 42.1 Å². The maximum Gasteiger partial charge on any atom is 4.00 e. The number of rotatable bonds is 14. The molecule has 0 N–H and O–H groups in total. The van der Waals surface area contributed by atoms with Gasteiger partial charge in [-0.25, -0.2) is 0 Å². The fourth-order valence-corrected chi connectivity index (χ4v) is 14.2. The van der Waals surface area contributed by atoms with Crippen LogP contribution in [0.4, 0.5) is 91.0 Å². The molecule has 4 heterocycles. The third-order valence-corrected chi connectivity index (χ3v) is 20.5.